The number of carboxylic acids is 1. The molecule has 0 saturated heterocycles. The average molecular weight is 264 g/mol. The molecule has 0 aliphatic rings. The number of carbonyl (C=O) groups is 3. The van der Waals surface area contributed by atoms with Crippen LogP contribution in [0.4, 0.5) is 5.69 Å². The molecule has 0 aromatic heterocycles. The van der Waals surface area contributed by atoms with Crippen molar-refractivity contribution in [3.05, 3.63) is 29.8 Å². The first kappa shape index (κ1) is 14.7. The zero-order chi connectivity index (χ0) is 14.4. The fourth-order valence-electron chi connectivity index (χ4n) is 1.55. The minimum Gasteiger partial charge on any atom is -0.481 e. The van der Waals surface area contributed by atoms with Crippen LogP contribution in [0.25, 0.3) is 0 Å². The van der Waals surface area contributed by atoms with Crippen LogP contribution in [-0.4, -0.2) is 28.9 Å². The number of carbonyl (C=O) groups excluding carboxylic acids is 2. The molecule has 0 aliphatic heterocycles. The molecule has 1 atom stereocenters. The van der Waals surface area contributed by atoms with Crippen molar-refractivity contribution in [3.8, 4) is 0 Å². The number of benzene rings is 1. The summed E-state index contributed by atoms with van der Waals surface area (Å²) in [7, 11) is 0. The van der Waals surface area contributed by atoms with Crippen LogP contribution in [0.1, 0.15) is 19.4 Å². The van der Waals surface area contributed by atoms with E-state index in [4.69, 9.17) is 5.11 Å². The summed E-state index contributed by atoms with van der Waals surface area (Å²) in [6.45, 7) is 2.90. The van der Waals surface area contributed by atoms with Gasteiger partial charge in [0.2, 0.25) is 11.8 Å². The second-order valence-corrected chi connectivity index (χ2v) is 4.18. The quantitative estimate of drug-likeness (QED) is 0.732. The maximum absolute atomic E-state index is 11.7. The molecule has 19 heavy (non-hydrogen) atoms. The smallest absolute Gasteiger partial charge is 0.307 e. The molecule has 102 valence electrons. The summed E-state index contributed by atoms with van der Waals surface area (Å²) in [6.07, 6.45) is -0.106. The van der Waals surface area contributed by atoms with Gasteiger partial charge in [0.05, 0.1) is 6.42 Å². The highest BCUT2D eigenvalue weighted by molar-refractivity contribution is 5.96. The van der Waals surface area contributed by atoms with Crippen molar-refractivity contribution in [1.82, 2.24) is 5.32 Å². The Morgan fingerprint density at radius 1 is 1.32 bits per heavy atom. The summed E-state index contributed by atoms with van der Waals surface area (Å²) in [5.41, 5.74) is 1.10. The lowest BCUT2D eigenvalue weighted by Crippen LogP contribution is -2.40. The molecule has 1 aromatic rings. The lowest BCUT2D eigenvalue weighted by atomic mass is 10.1. The first-order valence-corrected chi connectivity index (χ1v) is 5.77. The van der Waals surface area contributed by atoms with E-state index in [1.807, 2.05) is 0 Å². The predicted octanol–water partition coefficient (Wildman–Crippen LogP) is 0.777. The Kier molecular flexibility index (Phi) is 5.05. The molecule has 0 fully saturated rings. The molecule has 1 unspecified atom stereocenters. The molecule has 0 saturated carbocycles. The Morgan fingerprint density at radius 2 is 2.00 bits per heavy atom. The van der Waals surface area contributed by atoms with Crippen LogP contribution in [0.2, 0.25) is 0 Å². The molecule has 1 aromatic carbocycles. The van der Waals surface area contributed by atoms with E-state index in [-0.39, 0.29) is 18.2 Å². The fourth-order valence-corrected chi connectivity index (χ4v) is 1.55. The molecule has 6 heteroatoms. The van der Waals surface area contributed by atoms with Crippen molar-refractivity contribution in [2.75, 3.05) is 5.32 Å². The summed E-state index contributed by atoms with van der Waals surface area (Å²) >= 11 is 0. The Hall–Kier alpha value is -2.37. The number of aliphatic carboxylic acids is 1. The average Bonchev–Trinajstić information content (AvgIpc) is 2.27. The summed E-state index contributed by atoms with van der Waals surface area (Å²) in [5, 5.41) is 13.8. The lowest BCUT2D eigenvalue weighted by molar-refractivity contribution is -0.136. The van der Waals surface area contributed by atoms with Crippen molar-refractivity contribution in [2.45, 2.75) is 26.3 Å². The van der Waals surface area contributed by atoms with Crippen molar-refractivity contribution < 1.29 is 19.5 Å². The highest BCUT2D eigenvalue weighted by Gasteiger charge is 2.13. The molecule has 1 rings (SSSR count). The van der Waals surface area contributed by atoms with Crippen LogP contribution in [0.15, 0.2) is 24.3 Å². The normalized spacial score (nSPS) is 11.5. The van der Waals surface area contributed by atoms with E-state index in [0.717, 1.165) is 0 Å². The molecule has 0 bridgehead atoms. The summed E-state index contributed by atoms with van der Waals surface area (Å²) in [4.78, 5) is 33.2. The van der Waals surface area contributed by atoms with Crippen molar-refractivity contribution in [1.29, 1.82) is 0 Å². The predicted molar refractivity (Wildman–Crippen MR) is 69.7 cm³/mol. The van der Waals surface area contributed by atoms with Crippen LogP contribution < -0.4 is 10.6 Å². The summed E-state index contributed by atoms with van der Waals surface area (Å²) < 4.78 is 0. The van der Waals surface area contributed by atoms with Gasteiger partial charge in [-0.3, -0.25) is 14.4 Å². The zero-order valence-electron chi connectivity index (χ0n) is 10.8. The van der Waals surface area contributed by atoms with Gasteiger partial charge in [0, 0.05) is 12.6 Å². The highest BCUT2D eigenvalue weighted by atomic mass is 16.4. The van der Waals surface area contributed by atoms with Gasteiger partial charge >= 0.3 is 5.97 Å². The van der Waals surface area contributed by atoms with E-state index < -0.39 is 12.0 Å². The number of hydrogen-bond acceptors (Lipinski definition) is 3. The van der Waals surface area contributed by atoms with Gasteiger partial charge in [-0.2, -0.15) is 0 Å². The molecule has 3 N–H and O–H groups in total. The summed E-state index contributed by atoms with van der Waals surface area (Å²) in [6, 6.07) is 5.93. The maximum Gasteiger partial charge on any atom is 0.307 e. The van der Waals surface area contributed by atoms with E-state index in [0.29, 0.717) is 11.3 Å². The Morgan fingerprint density at radius 3 is 2.58 bits per heavy atom. The van der Waals surface area contributed by atoms with Crippen molar-refractivity contribution in [2.24, 2.45) is 0 Å². The number of hydrogen-bond donors (Lipinski definition) is 3. The number of carboxylic acid groups (broad SMARTS) is 1. The van der Waals surface area contributed by atoms with Gasteiger partial charge in [0.1, 0.15) is 6.04 Å². The van der Waals surface area contributed by atoms with E-state index in [2.05, 4.69) is 10.6 Å². The van der Waals surface area contributed by atoms with Crippen LogP contribution in [0, 0.1) is 0 Å². The van der Waals surface area contributed by atoms with E-state index in [9.17, 15) is 14.4 Å². The second kappa shape index (κ2) is 6.53. The molecule has 0 aliphatic carbocycles. The fraction of sp³-hybridized carbons (Fsp3) is 0.308. The van der Waals surface area contributed by atoms with Crippen LogP contribution in [0.3, 0.4) is 0 Å². The third-order valence-corrected chi connectivity index (χ3v) is 2.36. The largest absolute Gasteiger partial charge is 0.481 e. The topological polar surface area (TPSA) is 95.5 Å². The molecule has 0 heterocycles. The molecular weight excluding hydrogens is 248 g/mol. The molecular formula is C13H16N2O4. The van der Waals surface area contributed by atoms with E-state index >= 15 is 0 Å². The van der Waals surface area contributed by atoms with Gasteiger partial charge in [0.15, 0.2) is 0 Å². The van der Waals surface area contributed by atoms with Gasteiger partial charge < -0.3 is 15.7 Å². The number of nitrogens with one attached hydrogen (secondary N) is 2. The lowest BCUT2D eigenvalue weighted by Gasteiger charge is -2.13. The standard InChI is InChI=1S/C13H16N2O4/c1-8(14-9(2)16)13(19)15-11-5-3-4-10(6-11)7-12(17)18/h3-6,8H,7H2,1-2H3,(H,14,16)(H,15,19)(H,17,18). The van der Waals surface area contributed by atoms with Gasteiger partial charge in [-0.1, -0.05) is 12.1 Å². The Bertz CT molecular complexity index is 499. The maximum atomic E-state index is 11.7. The molecule has 6 nitrogen and oxygen atoms in total. The van der Waals surface area contributed by atoms with Gasteiger partial charge in [-0.15, -0.1) is 0 Å². The SMILES string of the molecule is CC(=O)NC(C)C(=O)Nc1cccc(CC(=O)O)c1. The molecule has 0 radical (unpaired) electrons. The monoisotopic (exact) mass is 264 g/mol. The van der Waals surface area contributed by atoms with Gasteiger partial charge in [-0.05, 0) is 24.6 Å². The second-order valence-electron chi connectivity index (χ2n) is 4.18. The van der Waals surface area contributed by atoms with Crippen molar-refractivity contribution >= 4 is 23.5 Å². The molecule has 0 spiro atoms. The minimum absolute atomic E-state index is 0.106. The van der Waals surface area contributed by atoms with Crippen molar-refractivity contribution in [3.63, 3.8) is 0 Å². The Labute approximate surface area is 110 Å². The minimum atomic E-state index is -0.935. The van der Waals surface area contributed by atoms with Crippen LogP contribution in [-0.2, 0) is 20.8 Å². The third kappa shape index (κ3) is 5.20. The number of rotatable bonds is 5. The van der Waals surface area contributed by atoms with Gasteiger partial charge in [0.25, 0.3) is 0 Å². The highest BCUT2D eigenvalue weighted by Crippen LogP contribution is 2.11. The van der Waals surface area contributed by atoms with Crippen LogP contribution in [0.5, 0.6) is 0 Å². The Balaban J connectivity index is 2.68. The van der Waals surface area contributed by atoms with E-state index in [1.54, 1.807) is 31.2 Å². The third-order valence-electron chi connectivity index (χ3n) is 2.36. The first-order chi connectivity index (χ1) is 8.88. The summed E-state index contributed by atoms with van der Waals surface area (Å²) in [5.74, 6) is -1.58. The van der Waals surface area contributed by atoms with Gasteiger partial charge in [-0.25, -0.2) is 0 Å². The number of anilines is 1. The van der Waals surface area contributed by atoms with E-state index in [1.165, 1.54) is 6.92 Å². The molecule has 2 amide bonds. The van der Waals surface area contributed by atoms with Crippen LogP contribution >= 0.6 is 0 Å². The first-order valence-electron chi connectivity index (χ1n) is 5.77. The zero-order valence-corrected chi connectivity index (χ0v) is 10.8. The number of amides is 2.